The van der Waals surface area contributed by atoms with Gasteiger partial charge >= 0.3 is 0 Å². The minimum Gasteiger partial charge on any atom is -0.485 e. The van der Waals surface area contributed by atoms with E-state index in [1.807, 2.05) is 79.8 Å². The Labute approximate surface area is 178 Å². The number of benzene rings is 2. The summed E-state index contributed by atoms with van der Waals surface area (Å²) in [5.41, 5.74) is 5.45. The highest BCUT2D eigenvalue weighted by Gasteiger charge is 2.28. The van der Waals surface area contributed by atoms with Crippen LogP contribution in [0.4, 0.5) is 0 Å². The molecule has 5 heteroatoms. The Morgan fingerprint density at radius 3 is 2.60 bits per heavy atom. The number of nitrogens with one attached hydrogen (secondary N) is 1. The van der Waals surface area contributed by atoms with Gasteiger partial charge in [0.25, 0.3) is 5.91 Å². The van der Waals surface area contributed by atoms with Crippen molar-refractivity contribution in [3.05, 3.63) is 77.9 Å². The summed E-state index contributed by atoms with van der Waals surface area (Å²) < 4.78 is 11.6. The molecule has 156 valence electrons. The average Bonchev–Trinajstić information content (AvgIpc) is 2.74. The third-order valence-electron chi connectivity index (χ3n) is 4.64. The van der Waals surface area contributed by atoms with Crippen LogP contribution in [0.2, 0.25) is 0 Å². The fraction of sp³-hybridized carbons (Fsp3) is 0.280. The summed E-state index contributed by atoms with van der Waals surface area (Å²) in [5.74, 6) is 0.898. The van der Waals surface area contributed by atoms with Crippen molar-refractivity contribution < 1.29 is 14.3 Å². The van der Waals surface area contributed by atoms with Gasteiger partial charge in [0.2, 0.25) is 6.10 Å². The smallest absolute Gasteiger partial charge is 0.284 e. The number of hydrogen-bond donors (Lipinski definition) is 1. The van der Waals surface area contributed by atoms with Crippen LogP contribution in [0.5, 0.6) is 11.5 Å². The van der Waals surface area contributed by atoms with E-state index in [-0.39, 0.29) is 17.9 Å². The molecule has 0 unspecified atom stereocenters. The van der Waals surface area contributed by atoms with Crippen LogP contribution in [-0.4, -0.2) is 24.3 Å². The van der Waals surface area contributed by atoms with Gasteiger partial charge in [-0.1, -0.05) is 75.4 Å². The first-order valence-corrected chi connectivity index (χ1v) is 10.0. The Bertz CT molecular complexity index is 970. The van der Waals surface area contributed by atoms with Gasteiger partial charge in [-0.05, 0) is 41.7 Å². The number of nitrogens with zero attached hydrogens (tertiary/aromatic N) is 1. The zero-order valence-corrected chi connectivity index (χ0v) is 17.9. The second-order valence-corrected chi connectivity index (χ2v) is 8.19. The number of carbonyl (C=O) groups is 1. The Kier molecular flexibility index (Phi) is 6.72. The molecule has 0 saturated carbocycles. The lowest BCUT2D eigenvalue weighted by molar-refractivity contribution is -0.130. The summed E-state index contributed by atoms with van der Waals surface area (Å²) in [7, 11) is 0. The van der Waals surface area contributed by atoms with Gasteiger partial charge in [0.1, 0.15) is 6.61 Å². The summed E-state index contributed by atoms with van der Waals surface area (Å²) in [6.45, 7) is 8.35. The third-order valence-corrected chi connectivity index (χ3v) is 4.64. The summed E-state index contributed by atoms with van der Waals surface area (Å²) in [5, 5.41) is 4.12. The molecule has 2 aromatic carbocycles. The lowest BCUT2D eigenvalue weighted by atomic mass is 9.87. The van der Waals surface area contributed by atoms with E-state index in [1.54, 1.807) is 0 Å². The molecule has 1 aliphatic rings. The highest BCUT2D eigenvalue weighted by atomic mass is 16.6. The van der Waals surface area contributed by atoms with Crippen LogP contribution in [0.25, 0.3) is 6.08 Å². The van der Waals surface area contributed by atoms with Gasteiger partial charge in [-0.25, -0.2) is 5.43 Å². The molecule has 1 aliphatic heterocycles. The first-order valence-electron chi connectivity index (χ1n) is 10.0. The number of hydrogen-bond acceptors (Lipinski definition) is 4. The van der Waals surface area contributed by atoms with Crippen LogP contribution < -0.4 is 14.9 Å². The largest absolute Gasteiger partial charge is 0.485 e. The zero-order chi connectivity index (χ0) is 21.6. The third kappa shape index (κ3) is 5.83. The van der Waals surface area contributed by atoms with E-state index >= 15 is 0 Å². The molecule has 1 heterocycles. The molecule has 5 nitrogen and oxygen atoms in total. The molecule has 2 aromatic rings. The second kappa shape index (κ2) is 9.44. The van der Waals surface area contributed by atoms with E-state index in [4.69, 9.17) is 9.47 Å². The maximum Gasteiger partial charge on any atom is 0.284 e. The molecule has 0 bridgehead atoms. The lowest BCUT2D eigenvalue weighted by Gasteiger charge is -2.27. The van der Waals surface area contributed by atoms with Crippen molar-refractivity contribution in [1.29, 1.82) is 0 Å². The molecule has 0 spiro atoms. The fourth-order valence-corrected chi connectivity index (χ4v) is 2.85. The number of allylic oxidation sites excluding steroid dienone is 3. The van der Waals surface area contributed by atoms with Gasteiger partial charge in [0.15, 0.2) is 11.5 Å². The van der Waals surface area contributed by atoms with Crippen molar-refractivity contribution in [2.75, 3.05) is 6.61 Å². The van der Waals surface area contributed by atoms with E-state index in [2.05, 4.69) is 31.3 Å². The lowest BCUT2D eigenvalue weighted by Crippen LogP contribution is -2.42. The van der Waals surface area contributed by atoms with Crippen LogP contribution in [-0.2, 0) is 10.2 Å². The van der Waals surface area contributed by atoms with Crippen molar-refractivity contribution in [3.63, 3.8) is 0 Å². The van der Waals surface area contributed by atoms with Crippen LogP contribution >= 0.6 is 0 Å². The number of rotatable bonds is 5. The predicted molar refractivity (Wildman–Crippen MR) is 121 cm³/mol. The van der Waals surface area contributed by atoms with Crippen molar-refractivity contribution in [2.45, 2.75) is 39.2 Å². The van der Waals surface area contributed by atoms with E-state index in [0.717, 1.165) is 11.1 Å². The Hall–Kier alpha value is -3.34. The van der Waals surface area contributed by atoms with Crippen LogP contribution in [0.3, 0.4) is 0 Å². The molecule has 30 heavy (non-hydrogen) atoms. The molecule has 1 atom stereocenters. The van der Waals surface area contributed by atoms with Crippen LogP contribution in [0.15, 0.2) is 71.9 Å². The van der Waals surface area contributed by atoms with E-state index in [1.165, 1.54) is 0 Å². The Balaban J connectivity index is 1.56. The molecule has 1 N–H and O–H groups in total. The minimum absolute atomic E-state index is 0.0176. The van der Waals surface area contributed by atoms with E-state index < -0.39 is 6.10 Å². The number of fused-ring (bicyclic) bond motifs is 1. The molecule has 0 radical (unpaired) electrons. The molecule has 1 amide bonds. The second-order valence-electron chi connectivity index (χ2n) is 8.19. The number of ether oxygens (including phenoxy) is 2. The van der Waals surface area contributed by atoms with Crippen molar-refractivity contribution in [1.82, 2.24) is 5.43 Å². The molecule has 3 rings (SSSR count). The summed E-state index contributed by atoms with van der Waals surface area (Å²) >= 11 is 0. The fourth-order valence-electron chi connectivity index (χ4n) is 2.85. The predicted octanol–water partition coefficient (Wildman–Crippen LogP) is 4.89. The van der Waals surface area contributed by atoms with Gasteiger partial charge in [0.05, 0.1) is 5.71 Å². The maximum absolute atomic E-state index is 12.4. The van der Waals surface area contributed by atoms with E-state index in [0.29, 0.717) is 17.2 Å². The Morgan fingerprint density at radius 1 is 1.10 bits per heavy atom. The number of amides is 1. The zero-order valence-electron chi connectivity index (χ0n) is 17.9. The van der Waals surface area contributed by atoms with Crippen molar-refractivity contribution in [2.24, 2.45) is 5.10 Å². The topological polar surface area (TPSA) is 59.9 Å². The van der Waals surface area contributed by atoms with E-state index in [9.17, 15) is 4.79 Å². The van der Waals surface area contributed by atoms with Gasteiger partial charge in [-0.15, -0.1) is 0 Å². The SMILES string of the molecule is CC(/C=C/C=C/c1ccccc1)=N\NC(=O)[C@@H]1COc2ccc(C(C)(C)C)cc2O1. The van der Waals surface area contributed by atoms with Crippen molar-refractivity contribution >= 4 is 17.7 Å². The standard InChI is InChI=1S/C25H28N2O3/c1-18(10-8-9-13-19-11-6-5-7-12-19)26-27-24(28)23-17-29-21-15-14-20(25(2,3)4)16-22(21)30-23/h5-16,23H,17H2,1-4H3,(H,27,28)/b10-8+,13-9+,26-18+/t23-/m0/s1. The maximum atomic E-state index is 12.4. The normalized spacial score (nSPS) is 16.8. The van der Waals surface area contributed by atoms with Gasteiger partial charge < -0.3 is 9.47 Å². The summed E-state index contributed by atoms with van der Waals surface area (Å²) in [6, 6.07) is 15.9. The molecule has 0 fully saturated rings. The van der Waals surface area contributed by atoms with Crippen LogP contribution in [0.1, 0.15) is 38.8 Å². The highest BCUT2D eigenvalue weighted by Crippen LogP contribution is 2.36. The molecule has 0 aromatic heterocycles. The summed E-state index contributed by atoms with van der Waals surface area (Å²) in [6.07, 6.45) is 6.88. The van der Waals surface area contributed by atoms with Gasteiger partial charge in [0, 0.05) is 0 Å². The number of carbonyl (C=O) groups excluding carboxylic acids is 1. The first-order chi connectivity index (χ1) is 14.3. The van der Waals surface area contributed by atoms with Gasteiger partial charge in [-0.3, -0.25) is 4.79 Å². The van der Waals surface area contributed by atoms with Crippen LogP contribution in [0, 0.1) is 0 Å². The average molecular weight is 405 g/mol. The molecule has 0 saturated heterocycles. The first kappa shape index (κ1) is 21.4. The molecular weight excluding hydrogens is 376 g/mol. The molecule has 0 aliphatic carbocycles. The Morgan fingerprint density at radius 2 is 1.87 bits per heavy atom. The van der Waals surface area contributed by atoms with Crippen molar-refractivity contribution in [3.8, 4) is 11.5 Å². The quantitative estimate of drug-likeness (QED) is 0.439. The highest BCUT2D eigenvalue weighted by molar-refractivity contribution is 5.94. The monoisotopic (exact) mass is 404 g/mol. The number of hydrazone groups is 1. The minimum atomic E-state index is -0.744. The molecular formula is C25H28N2O3. The van der Waals surface area contributed by atoms with Gasteiger partial charge in [-0.2, -0.15) is 5.10 Å². The summed E-state index contributed by atoms with van der Waals surface area (Å²) in [4.78, 5) is 12.4.